The summed E-state index contributed by atoms with van der Waals surface area (Å²) in [5.74, 6) is 0. The zero-order valence-corrected chi connectivity index (χ0v) is 17.0. The van der Waals surface area contributed by atoms with Crippen LogP contribution in [0.5, 0.6) is 0 Å². The van der Waals surface area contributed by atoms with Crippen molar-refractivity contribution >= 4 is 37.1 Å². The molecule has 0 bridgehead atoms. The molecule has 4 rings (SSSR count). The van der Waals surface area contributed by atoms with Crippen LogP contribution in [0.3, 0.4) is 0 Å². The van der Waals surface area contributed by atoms with E-state index in [0.29, 0.717) is 0 Å². The van der Waals surface area contributed by atoms with Gasteiger partial charge in [-0.15, -0.1) is 11.3 Å². The van der Waals surface area contributed by atoms with Crippen LogP contribution in [-0.4, -0.2) is 26.1 Å². The second-order valence-corrected chi connectivity index (χ2v) is 8.87. The third-order valence-corrected chi connectivity index (χ3v) is 6.52. The topological polar surface area (TPSA) is 66.4 Å². The van der Waals surface area contributed by atoms with E-state index in [-0.39, 0.29) is 4.90 Å². The third-order valence-electron chi connectivity index (χ3n) is 4.53. The van der Waals surface area contributed by atoms with E-state index >= 15 is 0 Å². The van der Waals surface area contributed by atoms with Crippen molar-refractivity contribution in [3.05, 3.63) is 70.6 Å². The molecule has 0 radical (unpaired) electrons. The molecule has 0 fully saturated rings. The highest BCUT2D eigenvalue weighted by molar-refractivity contribution is 7.85. The van der Waals surface area contributed by atoms with Gasteiger partial charge in [-0.25, -0.2) is 0 Å². The van der Waals surface area contributed by atoms with Gasteiger partial charge in [0.25, 0.3) is 10.1 Å². The van der Waals surface area contributed by atoms with Gasteiger partial charge in [0.2, 0.25) is 0 Å². The van der Waals surface area contributed by atoms with E-state index in [1.807, 2.05) is 18.3 Å². The first-order valence-electron chi connectivity index (χ1n) is 8.77. The average molecular weight is 402 g/mol. The van der Waals surface area contributed by atoms with Gasteiger partial charge in [0.15, 0.2) is 0 Å². The summed E-state index contributed by atoms with van der Waals surface area (Å²) >= 11 is 1.87. The van der Waals surface area contributed by atoms with Crippen molar-refractivity contribution in [3.8, 4) is 0 Å². The van der Waals surface area contributed by atoms with Crippen LogP contribution in [0.15, 0.2) is 58.8 Å². The van der Waals surface area contributed by atoms with Crippen molar-refractivity contribution in [2.24, 2.45) is 0 Å². The van der Waals surface area contributed by atoms with Gasteiger partial charge < -0.3 is 5.32 Å². The van der Waals surface area contributed by atoms with Crippen LogP contribution in [0.25, 0.3) is 15.7 Å². The van der Waals surface area contributed by atoms with Crippen LogP contribution < -0.4 is 5.32 Å². The fraction of sp³-hybridized carbons (Fsp3) is 0.238. The molecule has 6 heteroatoms. The number of hydrogen-bond acceptors (Lipinski definition) is 4. The predicted molar refractivity (Wildman–Crippen MR) is 113 cm³/mol. The Bertz CT molecular complexity index is 1060. The molecule has 1 aliphatic heterocycles. The average Bonchev–Trinajstić information content (AvgIpc) is 3.08. The first-order valence-corrected chi connectivity index (χ1v) is 11.1. The Labute approximate surface area is 164 Å². The van der Waals surface area contributed by atoms with Crippen molar-refractivity contribution < 1.29 is 13.0 Å². The molecule has 0 atom stereocenters. The minimum absolute atomic E-state index is 0.0666. The van der Waals surface area contributed by atoms with Crippen molar-refractivity contribution in [3.63, 3.8) is 0 Å². The summed E-state index contributed by atoms with van der Waals surface area (Å²) in [6, 6.07) is 12.6. The van der Waals surface area contributed by atoms with Crippen LogP contribution in [0.1, 0.15) is 23.1 Å². The molecule has 1 aliphatic rings. The van der Waals surface area contributed by atoms with Crippen molar-refractivity contribution in [2.75, 3.05) is 13.1 Å². The van der Waals surface area contributed by atoms with Gasteiger partial charge in [-0.3, -0.25) is 4.55 Å². The molecule has 27 heavy (non-hydrogen) atoms. The Morgan fingerprint density at radius 2 is 1.81 bits per heavy atom. The lowest BCUT2D eigenvalue weighted by Crippen LogP contribution is -2.19. The summed E-state index contributed by atoms with van der Waals surface area (Å²) in [6.45, 7) is 6.15. The molecular formula is C21H23NO3S2. The minimum Gasteiger partial charge on any atom is -0.313 e. The van der Waals surface area contributed by atoms with Crippen molar-refractivity contribution in [1.29, 1.82) is 0 Å². The highest BCUT2D eigenvalue weighted by Crippen LogP contribution is 2.34. The summed E-state index contributed by atoms with van der Waals surface area (Å²) in [5, 5.41) is 7.11. The standard InChI is InChI=1S/C14H15NS.C7H8O3S/c1-10-3-2-4-12-13(9-16-14(10)12)11-5-7-15-8-6-11;1-6-2-4-7(5-3-6)11(8,9)10/h2-5,9,15H,6-8H2,1H3;2-5H,1H3,(H,8,9,10). The molecular weight excluding hydrogens is 378 g/mol. The maximum absolute atomic E-state index is 10.5. The molecule has 0 saturated carbocycles. The van der Waals surface area contributed by atoms with E-state index in [0.717, 1.165) is 25.1 Å². The lowest BCUT2D eigenvalue weighted by Gasteiger charge is -2.13. The number of aryl methyl sites for hydroxylation is 2. The molecule has 2 heterocycles. The number of nitrogens with one attached hydrogen (secondary N) is 1. The lowest BCUT2D eigenvalue weighted by atomic mass is 9.99. The maximum Gasteiger partial charge on any atom is 0.294 e. The number of fused-ring (bicyclic) bond motifs is 1. The first kappa shape index (κ1) is 19.8. The van der Waals surface area contributed by atoms with Gasteiger partial charge in [-0.2, -0.15) is 8.42 Å². The predicted octanol–water partition coefficient (Wildman–Crippen LogP) is 4.83. The lowest BCUT2D eigenvalue weighted by molar-refractivity contribution is 0.483. The molecule has 0 unspecified atom stereocenters. The smallest absolute Gasteiger partial charge is 0.294 e. The van der Waals surface area contributed by atoms with E-state index in [1.54, 1.807) is 12.1 Å². The van der Waals surface area contributed by atoms with Crippen LogP contribution >= 0.6 is 11.3 Å². The van der Waals surface area contributed by atoms with Gasteiger partial charge in [-0.05, 0) is 61.0 Å². The Kier molecular flexibility index (Phi) is 6.11. The van der Waals surface area contributed by atoms with Crippen LogP contribution in [-0.2, 0) is 10.1 Å². The minimum atomic E-state index is -4.02. The Morgan fingerprint density at radius 1 is 1.07 bits per heavy atom. The number of rotatable bonds is 2. The fourth-order valence-corrected chi connectivity index (χ4v) is 4.58. The van der Waals surface area contributed by atoms with Crippen molar-refractivity contribution in [2.45, 2.75) is 25.2 Å². The van der Waals surface area contributed by atoms with Crippen LogP contribution in [0.2, 0.25) is 0 Å². The maximum atomic E-state index is 10.5. The molecule has 2 N–H and O–H groups in total. The zero-order chi connectivity index (χ0) is 19.4. The highest BCUT2D eigenvalue weighted by Gasteiger charge is 2.11. The van der Waals surface area contributed by atoms with E-state index in [9.17, 15) is 8.42 Å². The molecule has 1 aromatic heterocycles. The van der Waals surface area contributed by atoms with Gasteiger partial charge in [0.1, 0.15) is 0 Å². The van der Waals surface area contributed by atoms with E-state index < -0.39 is 10.1 Å². The second kappa shape index (κ2) is 8.35. The molecule has 3 aromatic rings. The Morgan fingerprint density at radius 3 is 2.44 bits per heavy atom. The van der Waals surface area contributed by atoms with Crippen LogP contribution in [0.4, 0.5) is 0 Å². The van der Waals surface area contributed by atoms with E-state index in [1.165, 1.54) is 38.9 Å². The van der Waals surface area contributed by atoms with Gasteiger partial charge in [0.05, 0.1) is 4.90 Å². The molecule has 0 spiro atoms. The normalized spacial score (nSPS) is 14.4. The number of thiophene rings is 1. The Balaban J connectivity index is 0.000000168. The quantitative estimate of drug-likeness (QED) is 0.604. The summed E-state index contributed by atoms with van der Waals surface area (Å²) < 4.78 is 31.0. The molecule has 142 valence electrons. The zero-order valence-electron chi connectivity index (χ0n) is 15.4. The molecule has 0 amide bonds. The van der Waals surface area contributed by atoms with Crippen molar-refractivity contribution in [1.82, 2.24) is 5.32 Å². The second-order valence-electron chi connectivity index (χ2n) is 6.57. The summed E-state index contributed by atoms with van der Waals surface area (Å²) in [6.07, 6.45) is 3.48. The van der Waals surface area contributed by atoms with Gasteiger partial charge >= 0.3 is 0 Å². The van der Waals surface area contributed by atoms with Gasteiger partial charge in [0, 0.05) is 16.6 Å². The molecule has 4 nitrogen and oxygen atoms in total. The largest absolute Gasteiger partial charge is 0.313 e. The molecule has 0 saturated heterocycles. The summed E-state index contributed by atoms with van der Waals surface area (Å²) in [5.41, 5.74) is 5.31. The fourth-order valence-electron chi connectivity index (χ4n) is 3.03. The van der Waals surface area contributed by atoms with Gasteiger partial charge in [-0.1, -0.05) is 42.0 Å². The Hall–Kier alpha value is -1.99. The SMILES string of the molecule is Cc1ccc(S(=O)(=O)O)cc1.Cc1cccc2c(C3=CCNCC3)csc12. The molecule has 2 aromatic carbocycles. The highest BCUT2D eigenvalue weighted by atomic mass is 32.2. The summed E-state index contributed by atoms with van der Waals surface area (Å²) in [7, 11) is -4.02. The van der Waals surface area contributed by atoms with E-state index in [4.69, 9.17) is 4.55 Å². The number of benzene rings is 2. The first-order chi connectivity index (χ1) is 12.9. The summed E-state index contributed by atoms with van der Waals surface area (Å²) in [4.78, 5) is -0.0666. The monoisotopic (exact) mass is 401 g/mol. The third kappa shape index (κ3) is 4.84. The number of hydrogen-bond donors (Lipinski definition) is 2. The van der Waals surface area contributed by atoms with Crippen LogP contribution in [0, 0.1) is 13.8 Å². The van der Waals surface area contributed by atoms with E-state index in [2.05, 4.69) is 41.9 Å². The molecule has 0 aliphatic carbocycles.